The van der Waals surface area contributed by atoms with Crippen LogP contribution in [0.1, 0.15) is 17.7 Å². The highest BCUT2D eigenvalue weighted by atomic mass is 35.5. The summed E-state index contributed by atoms with van der Waals surface area (Å²) in [5.74, 6) is -2.16. The lowest BCUT2D eigenvalue weighted by Crippen LogP contribution is -2.39. The molecule has 0 aliphatic heterocycles. The highest BCUT2D eigenvalue weighted by molar-refractivity contribution is 7.16. The number of carbonyl (C=O) groups excluding carboxylic acids is 1. The van der Waals surface area contributed by atoms with E-state index in [1.54, 1.807) is 0 Å². The van der Waals surface area contributed by atoms with Gasteiger partial charge < -0.3 is 10.4 Å². The number of thiophene rings is 1. The SMILES string of the molecule is O=C(O)[C@H]1CC=CC[C@H]1C(=O)NCCc1ccc(Cl)s1. The Hall–Kier alpha value is -1.33. The number of amides is 1. The molecule has 1 amide bonds. The number of carboxylic acid groups (broad SMARTS) is 1. The van der Waals surface area contributed by atoms with E-state index in [1.807, 2.05) is 24.3 Å². The van der Waals surface area contributed by atoms with Crippen molar-refractivity contribution < 1.29 is 14.7 Å². The molecule has 1 aromatic rings. The quantitative estimate of drug-likeness (QED) is 0.821. The van der Waals surface area contributed by atoms with Crippen molar-refractivity contribution >= 4 is 34.8 Å². The van der Waals surface area contributed by atoms with Crippen molar-refractivity contribution in [2.75, 3.05) is 6.54 Å². The zero-order valence-electron chi connectivity index (χ0n) is 10.8. The van der Waals surface area contributed by atoms with Gasteiger partial charge in [-0.05, 0) is 31.4 Å². The van der Waals surface area contributed by atoms with Crippen LogP contribution in [0.5, 0.6) is 0 Å². The van der Waals surface area contributed by atoms with Gasteiger partial charge in [-0.25, -0.2) is 0 Å². The summed E-state index contributed by atoms with van der Waals surface area (Å²) in [4.78, 5) is 24.3. The molecule has 2 N–H and O–H groups in total. The van der Waals surface area contributed by atoms with Gasteiger partial charge in [-0.1, -0.05) is 23.8 Å². The first-order valence-electron chi connectivity index (χ1n) is 6.47. The molecule has 0 saturated heterocycles. The second-order valence-corrected chi connectivity index (χ2v) is 6.54. The number of rotatable bonds is 5. The van der Waals surface area contributed by atoms with E-state index in [0.29, 0.717) is 25.8 Å². The van der Waals surface area contributed by atoms with Crippen LogP contribution >= 0.6 is 22.9 Å². The van der Waals surface area contributed by atoms with E-state index in [-0.39, 0.29) is 5.91 Å². The molecule has 0 saturated carbocycles. The van der Waals surface area contributed by atoms with E-state index in [1.165, 1.54) is 11.3 Å². The fraction of sp³-hybridized carbons (Fsp3) is 0.429. The highest BCUT2D eigenvalue weighted by Crippen LogP contribution is 2.26. The number of aliphatic carboxylic acids is 1. The predicted octanol–water partition coefficient (Wildman–Crippen LogP) is 2.73. The fourth-order valence-corrected chi connectivity index (χ4v) is 3.39. The van der Waals surface area contributed by atoms with E-state index < -0.39 is 17.8 Å². The monoisotopic (exact) mass is 313 g/mol. The Labute approximate surface area is 126 Å². The van der Waals surface area contributed by atoms with E-state index in [9.17, 15) is 9.59 Å². The van der Waals surface area contributed by atoms with E-state index >= 15 is 0 Å². The lowest BCUT2D eigenvalue weighted by molar-refractivity contribution is -0.147. The van der Waals surface area contributed by atoms with Crippen molar-refractivity contribution in [1.82, 2.24) is 5.32 Å². The molecule has 1 aliphatic carbocycles. The smallest absolute Gasteiger partial charge is 0.307 e. The van der Waals surface area contributed by atoms with Crippen LogP contribution in [0.25, 0.3) is 0 Å². The standard InChI is InChI=1S/C14H16ClNO3S/c15-12-6-5-9(20-12)7-8-16-13(17)10-3-1-2-4-11(10)14(18)19/h1-2,5-6,10-11H,3-4,7-8H2,(H,16,17)(H,18,19)/t10-,11+/m1/s1. The summed E-state index contributed by atoms with van der Waals surface area (Å²) >= 11 is 7.33. The first-order valence-corrected chi connectivity index (χ1v) is 7.67. The van der Waals surface area contributed by atoms with Gasteiger partial charge in [0.05, 0.1) is 16.2 Å². The number of hydrogen-bond donors (Lipinski definition) is 2. The number of halogens is 1. The normalized spacial score (nSPS) is 21.6. The van der Waals surface area contributed by atoms with E-state index in [2.05, 4.69) is 5.32 Å². The second-order valence-electron chi connectivity index (χ2n) is 4.74. The molecule has 0 spiro atoms. The van der Waals surface area contributed by atoms with Gasteiger partial charge >= 0.3 is 5.97 Å². The van der Waals surface area contributed by atoms with Crippen LogP contribution in [-0.4, -0.2) is 23.5 Å². The number of nitrogens with one attached hydrogen (secondary N) is 1. The molecule has 0 unspecified atom stereocenters. The van der Waals surface area contributed by atoms with E-state index in [4.69, 9.17) is 16.7 Å². The minimum atomic E-state index is -0.903. The Kier molecular flexibility index (Phi) is 5.20. The Morgan fingerprint density at radius 1 is 1.30 bits per heavy atom. The van der Waals surface area contributed by atoms with Crippen LogP contribution in [0.4, 0.5) is 0 Å². The zero-order chi connectivity index (χ0) is 14.5. The van der Waals surface area contributed by atoms with Crippen molar-refractivity contribution in [3.8, 4) is 0 Å². The van der Waals surface area contributed by atoms with Gasteiger partial charge in [-0.2, -0.15) is 0 Å². The average Bonchev–Trinajstić information content (AvgIpc) is 2.84. The van der Waals surface area contributed by atoms with Crippen molar-refractivity contribution in [1.29, 1.82) is 0 Å². The Bertz CT molecular complexity index is 526. The maximum atomic E-state index is 12.1. The van der Waals surface area contributed by atoms with Gasteiger partial charge in [0, 0.05) is 11.4 Å². The van der Waals surface area contributed by atoms with E-state index in [0.717, 1.165) is 9.21 Å². The van der Waals surface area contributed by atoms with Crippen molar-refractivity contribution in [2.24, 2.45) is 11.8 Å². The maximum Gasteiger partial charge on any atom is 0.307 e. The third kappa shape index (κ3) is 3.84. The number of hydrogen-bond acceptors (Lipinski definition) is 3. The van der Waals surface area contributed by atoms with Crippen LogP contribution in [0, 0.1) is 11.8 Å². The van der Waals surface area contributed by atoms with Gasteiger partial charge in [0.15, 0.2) is 0 Å². The first kappa shape index (κ1) is 15.1. The van der Waals surface area contributed by atoms with Gasteiger partial charge in [0.2, 0.25) is 5.91 Å². The van der Waals surface area contributed by atoms with Crippen molar-refractivity contribution in [3.63, 3.8) is 0 Å². The summed E-state index contributed by atoms with van der Waals surface area (Å²) < 4.78 is 0.731. The third-order valence-electron chi connectivity index (χ3n) is 3.39. The van der Waals surface area contributed by atoms with Crippen LogP contribution in [0.2, 0.25) is 4.34 Å². The van der Waals surface area contributed by atoms with Gasteiger partial charge in [-0.15, -0.1) is 11.3 Å². The molecule has 20 heavy (non-hydrogen) atoms. The van der Waals surface area contributed by atoms with Gasteiger partial charge in [-0.3, -0.25) is 9.59 Å². The topological polar surface area (TPSA) is 66.4 Å². The molecule has 2 atom stereocenters. The summed E-state index contributed by atoms with van der Waals surface area (Å²) in [5.41, 5.74) is 0. The predicted molar refractivity (Wildman–Crippen MR) is 79.0 cm³/mol. The number of carboxylic acids is 1. The van der Waals surface area contributed by atoms with Crippen LogP contribution in [-0.2, 0) is 16.0 Å². The lowest BCUT2D eigenvalue weighted by atomic mass is 9.82. The molecule has 1 aromatic heterocycles. The largest absolute Gasteiger partial charge is 0.481 e. The Morgan fingerprint density at radius 3 is 2.60 bits per heavy atom. The highest BCUT2D eigenvalue weighted by Gasteiger charge is 2.33. The van der Waals surface area contributed by atoms with Gasteiger partial charge in [0.1, 0.15) is 0 Å². The minimum Gasteiger partial charge on any atom is -0.481 e. The molecule has 1 heterocycles. The molecule has 0 fully saturated rings. The molecule has 0 radical (unpaired) electrons. The summed E-state index contributed by atoms with van der Waals surface area (Å²) in [6.45, 7) is 0.502. The third-order valence-corrected chi connectivity index (χ3v) is 4.68. The minimum absolute atomic E-state index is 0.176. The molecule has 108 valence electrons. The Morgan fingerprint density at radius 2 is 2.00 bits per heavy atom. The second kappa shape index (κ2) is 6.90. The van der Waals surface area contributed by atoms with Crippen LogP contribution < -0.4 is 5.32 Å². The number of allylic oxidation sites excluding steroid dienone is 2. The van der Waals surface area contributed by atoms with Gasteiger partial charge in [0.25, 0.3) is 0 Å². The molecule has 6 heteroatoms. The first-order chi connectivity index (χ1) is 9.58. The molecule has 0 bridgehead atoms. The zero-order valence-corrected chi connectivity index (χ0v) is 12.4. The molecular weight excluding hydrogens is 298 g/mol. The molecule has 2 rings (SSSR count). The Balaban J connectivity index is 1.84. The lowest BCUT2D eigenvalue weighted by Gasteiger charge is -2.24. The maximum absolute atomic E-state index is 12.1. The van der Waals surface area contributed by atoms with Crippen molar-refractivity contribution in [2.45, 2.75) is 19.3 Å². The summed E-state index contributed by atoms with van der Waals surface area (Å²) in [6.07, 6.45) is 5.34. The molecular formula is C14H16ClNO3S. The summed E-state index contributed by atoms with van der Waals surface area (Å²) in [7, 11) is 0. The summed E-state index contributed by atoms with van der Waals surface area (Å²) in [5, 5.41) is 12.0. The number of carbonyl (C=O) groups is 2. The van der Waals surface area contributed by atoms with Crippen molar-refractivity contribution in [3.05, 3.63) is 33.5 Å². The molecule has 1 aliphatic rings. The van der Waals surface area contributed by atoms with Crippen LogP contribution in [0.3, 0.4) is 0 Å². The average molecular weight is 314 g/mol. The molecule has 4 nitrogen and oxygen atoms in total. The molecule has 0 aromatic carbocycles. The van der Waals surface area contributed by atoms with Crippen LogP contribution in [0.15, 0.2) is 24.3 Å². The fourth-order valence-electron chi connectivity index (χ4n) is 2.30. The summed E-state index contributed by atoms with van der Waals surface area (Å²) in [6, 6.07) is 3.76.